The van der Waals surface area contributed by atoms with Gasteiger partial charge in [0.25, 0.3) is 0 Å². The molecule has 0 amide bonds. The highest BCUT2D eigenvalue weighted by Crippen LogP contribution is 2.16. The van der Waals surface area contributed by atoms with Gasteiger partial charge in [-0.05, 0) is 26.7 Å². The van der Waals surface area contributed by atoms with Crippen LogP contribution in [0.4, 0.5) is 0 Å². The van der Waals surface area contributed by atoms with Crippen LogP contribution in [0.3, 0.4) is 0 Å². The van der Waals surface area contributed by atoms with Crippen LogP contribution in [0.1, 0.15) is 38.2 Å². The summed E-state index contributed by atoms with van der Waals surface area (Å²) in [6.07, 6.45) is 6.73. The quantitative estimate of drug-likeness (QED) is 0.773. The van der Waals surface area contributed by atoms with Gasteiger partial charge in [0.1, 0.15) is 5.82 Å². The number of hydrogen-bond donors (Lipinski definition) is 1. The highest BCUT2D eigenvalue weighted by atomic mass is 15.1. The van der Waals surface area contributed by atoms with Crippen molar-refractivity contribution >= 4 is 0 Å². The summed E-state index contributed by atoms with van der Waals surface area (Å²) in [4.78, 5) is 4.62. The first-order valence-corrected chi connectivity index (χ1v) is 5.38. The Labute approximate surface area is 85.3 Å². The van der Waals surface area contributed by atoms with E-state index in [2.05, 4.69) is 15.7 Å². The van der Waals surface area contributed by atoms with Crippen LogP contribution in [0.2, 0.25) is 0 Å². The van der Waals surface area contributed by atoms with Gasteiger partial charge in [0.15, 0.2) is 0 Å². The van der Waals surface area contributed by atoms with Gasteiger partial charge in [-0.15, -0.1) is 0 Å². The summed E-state index contributed by atoms with van der Waals surface area (Å²) < 4.78 is 2.28. The van der Waals surface area contributed by atoms with Crippen molar-refractivity contribution in [2.24, 2.45) is 5.73 Å². The van der Waals surface area contributed by atoms with Crippen LogP contribution in [0.25, 0.3) is 0 Å². The minimum Gasteiger partial charge on any atom is -0.335 e. The first-order chi connectivity index (χ1) is 6.54. The third kappa shape index (κ3) is 2.15. The smallest absolute Gasteiger partial charge is 0.108 e. The molecule has 2 heterocycles. The predicted octanol–water partition coefficient (Wildman–Crippen LogP) is 1.50. The van der Waals surface area contributed by atoms with Crippen molar-refractivity contribution < 1.29 is 0 Å². The van der Waals surface area contributed by atoms with Gasteiger partial charge in [0.2, 0.25) is 0 Å². The lowest BCUT2D eigenvalue weighted by Crippen LogP contribution is -2.34. The first-order valence-electron chi connectivity index (χ1n) is 5.38. The van der Waals surface area contributed by atoms with Gasteiger partial charge in [-0.25, -0.2) is 4.98 Å². The molecule has 3 nitrogen and oxygen atoms in total. The Balaban J connectivity index is 2.16. The van der Waals surface area contributed by atoms with Gasteiger partial charge in [-0.3, -0.25) is 0 Å². The minimum atomic E-state index is -0.148. The van der Waals surface area contributed by atoms with Crippen molar-refractivity contribution in [2.45, 2.75) is 51.6 Å². The molecule has 1 aliphatic heterocycles. The molecular formula is C11H19N3. The maximum absolute atomic E-state index is 5.98. The molecule has 1 aliphatic rings. The maximum atomic E-state index is 5.98. The van der Waals surface area contributed by atoms with Gasteiger partial charge in [0, 0.05) is 31.1 Å². The highest BCUT2D eigenvalue weighted by molar-refractivity contribution is 5.09. The van der Waals surface area contributed by atoms with Crippen molar-refractivity contribution in [3.05, 3.63) is 17.7 Å². The Morgan fingerprint density at radius 3 is 2.93 bits per heavy atom. The van der Waals surface area contributed by atoms with E-state index in [0.29, 0.717) is 0 Å². The molecule has 0 radical (unpaired) electrons. The Bertz CT molecular complexity index is 296. The number of aryl methyl sites for hydroxylation is 2. The van der Waals surface area contributed by atoms with Gasteiger partial charge >= 0.3 is 0 Å². The van der Waals surface area contributed by atoms with Crippen molar-refractivity contribution in [3.63, 3.8) is 0 Å². The fourth-order valence-electron chi connectivity index (χ4n) is 2.02. The lowest BCUT2D eigenvalue weighted by molar-refractivity contribution is 0.510. The molecule has 1 aromatic heterocycles. The molecule has 2 rings (SSSR count). The standard InChI is InChI=1S/C11H19N3/c1-11(2,12)7-9-8-14-6-4-3-5-10(14)13-9/h8H,3-7,12H2,1-2H3. The molecule has 0 aliphatic carbocycles. The van der Waals surface area contributed by atoms with E-state index in [1.165, 1.54) is 18.7 Å². The SMILES string of the molecule is CC(C)(N)Cc1cn2c(n1)CCCC2. The third-order valence-electron chi connectivity index (χ3n) is 2.60. The Kier molecular flexibility index (Phi) is 2.35. The number of imidazole rings is 1. The number of aromatic nitrogens is 2. The van der Waals surface area contributed by atoms with Crippen molar-refractivity contribution in [3.8, 4) is 0 Å². The molecule has 0 spiro atoms. The van der Waals surface area contributed by atoms with E-state index >= 15 is 0 Å². The van der Waals surface area contributed by atoms with E-state index in [9.17, 15) is 0 Å². The summed E-state index contributed by atoms with van der Waals surface area (Å²) in [6.45, 7) is 5.23. The predicted molar refractivity (Wildman–Crippen MR) is 57.1 cm³/mol. The van der Waals surface area contributed by atoms with E-state index in [1.54, 1.807) is 0 Å². The maximum Gasteiger partial charge on any atom is 0.108 e. The number of nitrogens with zero attached hydrogens (tertiary/aromatic N) is 2. The fraction of sp³-hybridized carbons (Fsp3) is 0.727. The number of rotatable bonds is 2. The van der Waals surface area contributed by atoms with Crippen molar-refractivity contribution in [1.29, 1.82) is 0 Å². The summed E-state index contributed by atoms with van der Waals surface area (Å²) in [7, 11) is 0. The summed E-state index contributed by atoms with van der Waals surface area (Å²) >= 11 is 0. The molecule has 0 fully saturated rings. The van der Waals surface area contributed by atoms with Crippen molar-refractivity contribution in [2.75, 3.05) is 0 Å². The normalized spacial score (nSPS) is 16.8. The summed E-state index contributed by atoms with van der Waals surface area (Å²) in [5.74, 6) is 1.25. The van der Waals surface area contributed by atoms with Crippen molar-refractivity contribution in [1.82, 2.24) is 9.55 Å². The van der Waals surface area contributed by atoms with E-state index < -0.39 is 0 Å². The molecule has 1 aromatic rings. The summed E-state index contributed by atoms with van der Waals surface area (Å²) in [6, 6.07) is 0. The number of hydrogen-bond acceptors (Lipinski definition) is 2. The topological polar surface area (TPSA) is 43.8 Å². The molecule has 0 saturated heterocycles. The zero-order valence-electron chi connectivity index (χ0n) is 9.08. The van der Waals surface area contributed by atoms with Crippen LogP contribution in [0.5, 0.6) is 0 Å². The molecular weight excluding hydrogens is 174 g/mol. The second kappa shape index (κ2) is 3.39. The van der Waals surface area contributed by atoms with Gasteiger partial charge in [-0.2, -0.15) is 0 Å². The van der Waals surface area contributed by atoms with Crippen LogP contribution >= 0.6 is 0 Å². The van der Waals surface area contributed by atoms with Crippen LogP contribution in [0, 0.1) is 0 Å². The molecule has 0 saturated carbocycles. The Morgan fingerprint density at radius 1 is 1.50 bits per heavy atom. The second-order valence-corrected chi connectivity index (χ2v) is 4.96. The number of nitrogens with two attached hydrogens (primary N) is 1. The van der Waals surface area contributed by atoms with E-state index in [4.69, 9.17) is 5.73 Å². The Hall–Kier alpha value is -0.830. The van der Waals surface area contributed by atoms with Gasteiger partial charge in [-0.1, -0.05) is 0 Å². The van der Waals surface area contributed by atoms with Gasteiger partial charge < -0.3 is 10.3 Å². The van der Waals surface area contributed by atoms with E-state index in [-0.39, 0.29) is 5.54 Å². The lowest BCUT2D eigenvalue weighted by atomic mass is 10.0. The zero-order valence-corrected chi connectivity index (χ0v) is 9.08. The summed E-state index contributed by atoms with van der Waals surface area (Å²) in [5, 5.41) is 0. The zero-order chi connectivity index (χ0) is 10.2. The molecule has 0 bridgehead atoms. The summed E-state index contributed by atoms with van der Waals surface area (Å²) in [5.41, 5.74) is 6.98. The van der Waals surface area contributed by atoms with Crippen LogP contribution < -0.4 is 5.73 Å². The van der Waals surface area contributed by atoms with Gasteiger partial charge in [0.05, 0.1) is 5.69 Å². The van der Waals surface area contributed by atoms with Crippen LogP contribution in [0.15, 0.2) is 6.20 Å². The molecule has 0 unspecified atom stereocenters. The van der Waals surface area contributed by atoms with Crippen LogP contribution in [-0.2, 0) is 19.4 Å². The molecule has 2 N–H and O–H groups in total. The minimum absolute atomic E-state index is 0.148. The number of fused-ring (bicyclic) bond motifs is 1. The largest absolute Gasteiger partial charge is 0.335 e. The second-order valence-electron chi connectivity index (χ2n) is 4.96. The average molecular weight is 193 g/mol. The molecule has 0 aromatic carbocycles. The lowest BCUT2D eigenvalue weighted by Gasteiger charge is -2.15. The van der Waals surface area contributed by atoms with Crippen LogP contribution in [-0.4, -0.2) is 15.1 Å². The third-order valence-corrected chi connectivity index (χ3v) is 2.60. The fourth-order valence-corrected chi connectivity index (χ4v) is 2.02. The highest BCUT2D eigenvalue weighted by Gasteiger charge is 2.17. The average Bonchev–Trinajstić information content (AvgIpc) is 2.42. The molecule has 3 heteroatoms. The van der Waals surface area contributed by atoms with E-state index in [1.807, 2.05) is 13.8 Å². The molecule has 0 atom stereocenters. The van der Waals surface area contributed by atoms with E-state index in [0.717, 1.165) is 25.1 Å². The molecule has 14 heavy (non-hydrogen) atoms. The first kappa shape index (κ1) is 9.71. The monoisotopic (exact) mass is 193 g/mol. The molecule has 78 valence electrons. The Morgan fingerprint density at radius 2 is 2.29 bits per heavy atom.